The Morgan fingerprint density at radius 3 is 2.96 bits per heavy atom. The Bertz CT molecular complexity index is 785. The lowest BCUT2D eigenvalue weighted by atomic mass is 10.1. The second-order valence-electron chi connectivity index (χ2n) is 6.17. The zero-order valence-corrected chi connectivity index (χ0v) is 19.3. The van der Waals surface area contributed by atoms with Gasteiger partial charge in [0.05, 0.1) is 30.4 Å². The van der Waals surface area contributed by atoms with E-state index in [0.29, 0.717) is 24.2 Å². The van der Waals surface area contributed by atoms with Crippen molar-refractivity contribution < 1.29 is 9.13 Å². The molecule has 1 fully saturated rings. The molecule has 3 rings (SSSR count). The van der Waals surface area contributed by atoms with E-state index in [0.717, 1.165) is 30.2 Å². The lowest BCUT2D eigenvalue weighted by Crippen LogP contribution is -2.48. The van der Waals surface area contributed by atoms with Crippen LogP contribution in [0, 0.1) is 5.82 Å². The minimum absolute atomic E-state index is 0. The zero-order chi connectivity index (χ0) is 18.5. The maximum atomic E-state index is 13.7. The van der Waals surface area contributed by atoms with E-state index in [1.165, 1.54) is 6.07 Å². The highest BCUT2D eigenvalue weighted by molar-refractivity contribution is 14.0. The van der Waals surface area contributed by atoms with Gasteiger partial charge in [0.2, 0.25) is 0 Å². The van der Waals surface area contributed by atoms with Crippen LogP contribution in [0.5, 0.6) is 0 Å². The van der Waals surface area contributed by atoms with E-state index >= 15 is 0 Å². The van der Waals surface area contributed by atoms with E-state index < -0.39 is 0 Å². The molecule has 1 atom stereocenters. The van der Waals surface area contributed by atoms with E-state index in [9.17, 15) is 4.39 Å². The predicted octanol–water partition coefficient (Wildman–Crippen LogP) is 3.48. The first kappa shape index (κ1) is 22.1. The number of aliphatic imine (C=N–C) groups is 1. The van der Waals surface area contributed by atoms with Crippen molar-refractivity contribution in [1.82, 2.24) is 20.0 Å². The van der Waals surface area contributed by atoms with Gasteiger partial charge in [0, 0.05) is 31.9 Å². The summed E-state index contributed by atoms with van der Waals surface area (Å²) in [5.74, 6) is 0.540. The molecule has 1 saturated heterocycles. The van der Waals surface area contributed by atoms with Gasteiger partial charge in [-0.1, -0.05) is 6.07 Å². The largest absolute Gasteiger partial charge is 0.370 e. The Morgan fingerprint density at radius 1 is 1.48 bits per heavy atom. The number of nitrogens with zero attached hydrogens (tertiary/aromatic N) is 4. The van der Waals surface area contributed by atoms with Crippen molar-refractivity contribution in [3.05, 3.63) is 52.0 Å². The van der Waals surface area contributed by atoms with Gasteiger partial charge >= 0.3 is 0 Å². The van der Waals surface area contributed by atoms with Gasteiger partial charge in [0.15, 0.2) is 5.96 Å². The molecule has 148 valence electrons. The normalized spacial score (nSPS) is 17.6. The summed E-state index contributed by atoms with van der Waals surface area (Å²) in [6.07, 6.45) is 3.78. The molecule has 0 saturated carbocycles. The van der Waals surface area contributed by atoms with Gasteiger partial charge in [-0.2, -0.15) is 5.10 Å². The smallest absolute Gasteiger partial charge is 0.194 e. The molecule has 0 amide bonds. The summed E-state index contributed by atoms with van der Waals surface area (Å²) in [5.41, 5.74) is 1.89. The summed E-state index contributed by atoms with van der Waals surface area (Å²) in [5, 5.41) is 7.54. The molecule has 1 unspecified atom stereocenters. The van der Waals surface area contributed by atoms with E-state index in [1.54, 1.807) is 10.7 Å². The van der Waals surface area contributed by atoms with Crippen LogP contribution in [0.4, 0.5) is 4.39 Å². The maximum absolute atomic E-state index is 13.7. The highest BCUT2D eigenvalue weighted by atomic mass is 127. The Morgan fingerprint density at radius 2 is 2.30 bits per heavy atom. The molecule has 1 aliphatic heterocycles. The van der Waals surface area contributed by atoms with Crippen molar-refractivity contribution >= 4 is 45.9 Å². The number of benzene rings is 1. The highest BCUT2D eigenvalue weighted by Gasteiger charge is 2.25. The molecule has 6 nitrogen and oxygen atoms in total. The fourth-order valence-electron chi connectivity index (χ4n) is 2.88. The molecule has 0 aliphatic carbocycles. The monoisotopic (exact) mass is 551 g/mol. The number of rotatable bonds is 4. The summed E-state index contributed by atoms with van der Waals surface area (Å²) in [7, 11) is 1.90. The summed E-state index contributed by atoms with van der Waals surface area (Å²) < 4.78 is 21.8. The molecule has 0 bridgehead atoms. The summed E-state index contributed by atoms with van der Waals surface area (Å²) in [6.45, 7) is 5.30. The van der Waals surface area contributed by atoms with Crippen LogP contribution in [0.3, 0.4) is 0 Å². The minimum atomic E-state index is -0.272. The predicted molar refractivity (Wildman–Crippen MR) is 118 cm³/mol. The highest BCUT2D eigenvalue weighted by Crippen LogP contribution is 2.22. The van der Waals surface area contributed by atoms with Gasteiger partial charge < -0.3 is 15.0 Å². The number of aromatic nitrogens is 2. The van der Waals surface area contributed by atoms with Crippen LogP contribution < -0.4 is 5.32 Å². The second kappa shape index (κ2) is 10.4. The van der Waals surface area contributed by atoms with Crippen molar-refractivity contribution in [3.63, 3.8) is 0 Å². The lowest BCUT2D eigenvalue weighted by molar-refractivity contribution is -0.00805. The SMILES string of the molecule is CCNC(=NCc1ccc(Br)c(F)c1)N1CCOC(c2cnn(C)c2)C1.I. The number of guanidine groups is 1. The molecular formula is C18H24BrFIN5O. The van der Waals surface area contributed by atoms with Crippen LogP contribution in [-0.4, -0.2) is 46.9 Å². The number of aryl methyl sites for hydroxylation is 1. The first-order chi connectivity index (χ1) is 12.6. The Hall–Kier alpha value is -1.20. The Balaban J connectivity index is 0.00000261. The molecule has 9 heteroatoms. The maximum Gasteiger partial charge on any atom is 0.194 e. The first-order valence-electron chi connectivity index (χ1n) is 8.64. The number of halogens is 3. The van der Waals surface area contributed by atoms with Crippen LogP contribution >= 0.6 is 39.9 Å². The summed E-state index contributed by atoms with van der Waals surface area (Å²) in [4.78, 5) is 6.87. The van der Waals surface area contributed by atoms with E-state index in [-0.39, 0.29) is 35.9 Å². The lowest BCUT2D eigenvalue weighted by Gasteiger charge is -2.34. The summed E-state index contributed by atoms with van der Waals surface area (Å²) >= 11 is 3.18. The van der Waals surface area contributed by atoms with E-state index in [2.05, 4.69) is 36.2 Å². The molecule has 2 heterocycles. The third-order valence-electron chi connectivity index (χ3n) is 4.19. The molecular weight excluding hydrogens is 528 g/mol. The van der Waals surface area contributed by atoms with Gasteiger partial charge in [0.1, 0.15) is 11.9 Å². The molecule has 0 spiro atoms. The average Bonchev–Trinajstić information content (AvgIpc) is 3.08. The number of ether oxygens (including phenoxy) is 1. The Labute approximate surface area is 184 Å². The number of nitrogens with one attached hydrogen (secondary N) is 1. The topological polar surface area (TPSA) is 54.7 Å². The zero-order valence-electron chi connectivity index (χ0n) is 15.4. The van der Waals surface area contributed by atoms with Gasteiger partial charge in [-0.15, -0.1) is 24.0 Å². The number of morpholine rings is 1. The molecule has 1 aliphatic rings. The van der Waals surface area contributed by atoms with Gasteiger partial charge in [-0.05, 0) is 40.5 Å². The van der Waals surface area contributed by atoms with Crippen LogP contribution in [0.1, 0.15) is 24.2 Å². The van der Waals surface area contributed by atoms with Crippen molar-refractivity contribution in [3.8, 4) is 0 Å². The molecule has 1 N–H and O–H groups in total. The first-order valence-corrected chi connectivity index (χ1v) is 9.43. The number of hydrogen-bond acceptors (Lipinski definition) is 3. The molecule has 2 aromatic rings. The molecule has 1 aromatic carbocycles. The van der Waals surface area contributed by atoms with Crippen molar-refractivity contribution in [2.45, 2.75) is 19.6 Å². The van der Waals surface area contributed by atoms with Crippen molar-refractivity contribution in [2.24, 2.45) is 12.0 Å². The van der Waals surface area contributed by atoms with Gasteiger partial charge in [-0.3, -0.25) is 4.68 Å². The van der Waals surface area contributed by atoms with Crippen LogP contribution in [0.2, 0.25) is 0 Å². The van der Waals surface area contributed by atoms with Crippen LogP contribution in [0.25, 0.3) is 0 Å². The van der Waals surface area contributed by atoms with Crippen LogP contribution in [-0.2, 0) is 18.3 Å². The second-order valence-corrected chi connectivity index (χ2v) is 7.03. The van der Waals surface area contributed by atoms with Gasteiger partial charge in [0.25, 0.3) is 0 Å². The van der Waals surface area contributed by atoms with E-state index in [1.807, 2.05) is 32.4 Å². The average molecular weight is 552 g/mol. The fourth-order valence-corrected chi connectivity index (χ4v) is 3.13. The quantitative estimate of drug-likeness (QED) is 0.359. The summed E-state index contributed by atoms with van der Waals surface area (Å²) in [6, 6.07) is 5.09. The van der Waals surface area contributed by atoms with Crippen molar-refractivity contribution in [2.75, 3.05) is 26.2 Å². The molecule has 27 heavy (non-hydrogen) atoms. The minimum Gasteiger partial charge on any atom is -0.370 e. The van der Waals surface area contributed by atoms with Gasteiger partial charge in [-0.25, -0.2) is 9.38 Å². The molecule has 0 radical (unpaired) electrons. The standard InChI is InChI=1S/C18H23BrFN5O.HI/c1-3-21-18(22-9-13-4-5-15(19)16(20)8-13)25-6-7-26-17(12-25)14-10-23-24(2)11-14;/h4-5,8,10-11,17H,3,6-7,9,12H2,1-2H3,(H,21,22);1H. The third kappa shape index (κ3) is 5.89. The third-order valence-corrected chi connectivity index (χ3v) is 4.84. The van der Waals surface area contributed by atoms with Crippen molar-refractivity contribution in [1.29, 1.82) is 0 Å². The van der Waals surface area contributed by atoms with Crippen LogP contribution in [0.15, 0.2) is 40.1 Å². The van der Waals surface area contributed by atoms with E-state index in [4.69, 9.17) is 4.74 Å². The number of hydrogen-bond donors (Lipinski definition) is 1. The molecule has 1 aromatic heterocycles. The Kier molecular flexibility index (Phi) is 8.49. The fraction of sp³-hybridized carbons (Fsp3) is 0.444.